The molecule has 2 heterocycles. The van der Waals surface area contributed by atoms with E-state index in [2.05, 4.69) is 28.8 Å². The molecule has 19 heteroatoms. The minimum atomic E-state index is -5.66. The Morgan fingerprint density at radius 3 is 1.95 bits per heavy atom. The summed E-state index contributed by atoms with van der Waals surface area (Å²) in [4.78, 5) is 66.3. The van der Waals surface area contributed by atoms with E-state index in [0.717, 1.165) is 0 Å². The number of carbonyl (C=O) groups is 2. The lowest BCUT2D eigenvalue weighted by Crippen LogP contribution is -2.19. The van der Waals surface area contributed by atoms with Crippen molar-refractivity contribution in [2.24, 2.45) is 0 Å². The summed E-state index contributed by atoms with van der Waals surface area (Å²) in [5, 5.41) is 5.39. The van der Waals surface area contributed by atoms with E-state index in [1.807, 2.05) is 0 Å². The number of phosphoric acid groups is 3. The van der Waals surface area contributed by atoms with Gasteiger partial charge in [0.1, 0.15) is 11.6 Å². The first-order chi connectivity index (χ1) is 20.2. The highest BCUT2D eigenvalue weighted by atomic mass is 31.3. The van der Waals surface area contributed by atoms with Crippen LogP contribution in [-0.2, 0) is 31.6 Å². The molecule has 6 N–H and O–H groups in total. The first kappa shape index (κ1) is 32.8. The number of nitrogens with zero attached hydrogens (tertiary/aromatic N) is 1. The molecule has 1 fully saturated rings. The average Bonchev–Trinajstić information content (AvgIpc) is 3.40. The number of anilines is 2. The van der Waals surface area contributed by atoms with Gasteiger partial charge in [0, 0.05) is 16.7 Å². The van der Waals surface area contributed by atoms with Crippen LogP contribution in [0, 0.1) is 0 Å². The molecule has 3 aromatic rings. The molecular weight excluding hydrogens is 631 g/mol. The van der Waals surface area contributed by atoms with Crippen LogP contribution in [0.5, 0.6) is 0 Å². The molecule has 4 rings (SSSR count). The van der Waals surface area contributed by atoms with Crippen molar-refractivity contribution < 1.29 is 60.7 Å². The zero-order valence-electron chi connectivity index (χ0n) is 22.0. The Labute approximate surface area is 244 Å². The highest BCUT2D eigenvalue weighted by molar-refractivity contribution is 7.66. The van der Waals surface area contributed by atoms with E-state index in [1.54, 1.807) is 66.7 Å². The number of ether oxygens (including phenoxy) is 1. The predicted molar refractivity (Wildman–Crippen MR) is 150 cm³/mol. The zero-order valence-corrected chi connectivity index (χ0v) is 24.6. The van der Waals surface area contributed by atoms with Gasteiger partial charge in [-0.1, -0.05) is 36.4 Å². The molecule has 4 atom stereocenters. The molecule has 0 aliphatic carbocycles. The first-order valence-electron chi connectivity index (χ1n) is 12.4. The van der Waals surface area contributed by atoms with Crippen LogP contribution in [0.15, 0.2) is 72.8 Å². The molecule has 43 heavy (non-hydrogen) atoms. The Morgan fingerprint density at radius 1 is 0.791 bits per heavy atom. The minimum Gasteiger partial charge on any atom is -0.368 e. The fourth-order valence-electron chi connectivity index (χ4n) is 3.98. The van der Waals surface area contributed by atoms with E-state index in [0.29, 0.717) is 23.1 Å². The maximum Gasteiger partial charge on any atom is 0.490 e. The van der Waals surface area contributed by atoms with E-state index in [9.17, 15) is 33.1 Å². The lowest BCUT2D eigenvalue weighted by atomic mass is 10.1. The van der Waals surface area contributed by atoms with Gasteiger partial charge in [0.2, 0.25) is 0 Å². The van der Waals surface area contributed by atoms with Crippen molar-refractivity contribution in [2.75, 3.05) is 17.2 Å². The van der Waals surface area contributed by atoms with Gasteiger partial charge in [0.25, 0.3) is 11.8 Å². The van der Waals surface area contributed by atoms with E-state index >= 15 is 0 Å². The van der Waals surface area contributed by atoms with Gasteiger partial charge in [0.15, 0.2) is 0 Å². The molecule has 1 aliphatic heterocycles. The molecule has 1 saturated heterocycles. The monoisotopic (exact) mass is 657 g/mol. The zero-order chi connectivity index (χ0) is 31.3. The topological polar surface area (TPSA) is 240 Å². The van der Waals surface area contributed by atoms with Gasteiger partial charge in [-0.05, 0) is 49.2 Å². The molecule has 1 aliphatic rings. The second-order valence-electron chi connectivity index (χ2n) is 8.99. The number of amides is 2. The highest BCUT2D eigenvalue weighted by Gasteiger charge is 2.41. The Balaban J connectivity index is 1.47. The van der Waals surface area contributed by atoms with Crippen LogP contribution in [0.4, 0.5) is 11.6 Å². The molecule has 0 saturated carbocycles. The maximum atomic E-state index is 12.9. The van der Waals surface area contributed by atoms with E-state index in [-0.39, 0.29) is 18.1 Å². The van der Waals surface area contributed by atoms with Crippen molar-refractivity contribution in [3.05, 3.63) is 89.5 Å². The van der Waals surface area contributed by atoms with Gasteiger partial charge in [-0.15, -0.1) is 0 Å². The lowest BCUT2D eigenvalue weighted by molar-refractivity contribution is 0.0102. The molecular formula is C24H26N3O13P3. The van der Waals surface area contributed by atoms with Crippen molar-refractivity contribution >= 4 is 46.9 Å². The summed E-state index contributed by atoms with van der Waals surface area (Å²) in [6.45, 7) is -0.620. The van der Waals surface area contributed by atoms with E-state index in [4.69, 9.17) is 14.5 Å². The van der Waals surface area contributed by atoms with Gasteiger partial charge in [-0.3, -0.25) is 14.1 Å². The van der Waals surface area contributed by atoms with Gasteiger partial charge in [-0.25, -0.2) is 18.7 Å². The van der Waals surface area contributed by atoms with Crippen LogP contribution in [-0.4, -0.2) is 49.1 Å². The smallest absolute Gasteiger partial charge is 0.368 e. The number of pyridine rings is 1. The number of hydrogen-bond donors (Lipinski definition) is 6. The van der Waals surface area contributed by atoms with Gasteiger partial charge in [-0.2, -0.15) is 8.62 Å². The number of carbonyl (C=O) groups excluding carboxylic acids is 2. The molecule has 1 aromatic heterocycles. The maximum absolute atomic E-state index is 12.9. The van der Waals surface area contributed by atoms with E-state index in [1.165, 1.54) is 6.07 Å². The summed E-state index contributed by atoms with van der Waals surface area (Å²) < 4.78 is 52.4. The summed E-state index contributed by atoms with van der Waals surface area (Å²) in [5.74, 6) is -0.686. The highest BCUT2D eigenvalue weighted by Crippen LogP contribution is 2.66. The van der Waals surface area contributed by atoms with Crippen LogP contribution < -0.4 is 10.6 Å². The van der Waals surface area contributed by atoms with E-state index < -0.39 is 54.1 Å². The third-order valence-corrected chi connectivity index (χ3v) is 9.57. The van der Waals surface area contributed by atoms with Crippen molar-refractivity contribution in [1.82, 2.24) is 4.98 Å². The normalized spacial score (nSPS) is 19.6. The van der Waals surface area contributed by atoms with Gasteiger partial charge >= 0.3 is 23.5 Å². The van der Waals surface area contributed by atoms with Crippen LogP contribution in [0.25, 0.3) is 0 Å². The number of hydrogen-bond acceptors (Lipinski definition) is 10. The summed E-state index contributed by atoms with van der Waals surface area (Å²) >= 11 is 0. The molecule has 0 bridgehead atoms. The number of nitrogens with one attached hydrogen (secondary N) is 2. The van der Waals surface area contributed by atoms with Crippen molar-refractivity contribution in [1.29, 1.82) is 0 Å². The molecule has 2 amide bonds. The Bertz CT molecular complexity index is 1600. The molecule has 2 unspecified atom stereocenters. The number of rotatable bonds is 12. The molecule has 0 spiro atoms. The lowest BCUT2D eigenvalue weighted by Gasteiger charge is -2.20. The number of phosphoric ester groups is 1. The quantitative estimate of drug-likeness (QED) is 0.150. The Hall–Kier alpha value is -3.10. The molecule has 2 aromatic carbocycles. The SMILES string of the molecule is O=C(Nc1ccc([C@H]2CC[C@@H](COP(=O)(O)OP(=O)(O)OP(=O)(O)O)O2)c(NC(=O)c2ccccc2)n1)c1ccccc1. The largest absolute Gasteiger partial charge is 0.490 e. The van der Waals surface area contributed by atoms with Gasteiger partial charge in [0.05, 0.1) is 18.8 Å². The average molecular weight is 657 g/mol. The third-order valence-electron chi connectivity index (χ3n) is 5.77. The van der Waals surface area contributed by atoms with Crippen molar-refractivity contribution in [3.63, 3.8) is 0 Å². The van der Waals surface area contributed by atoms with Gasteiger partial charge < -0.3 is 34.9 Å². The minimum absolute atomic E-state index is 0.0817. The van der Waals surface area contributed by atoms with Crippen LogP contribution >= 0.6 is 23.5 Å². The summed E-state index contributed by atoms with van der Waals surface area (Å²) in [6.07, 6.45) is -0.952. The standard InChI is InChI=1S/C24H26N3O13P3/c28-23(16-7-3-1-4-8-16)26-21-14-12-19(22(25-21)27-24(29)17-9-5-2-6-10-17)20-13-11-18(38-20)15-37-42(33,34)40-43(35,36)39-41(30,31)32/h1-10,12,14,18,20H,11,13,15H2,(H,33,34)(H,35,36)(H2,30,31,32)(H2,25,26,27,28,29)/t18-,20+/m0/s1. The second-order valence-corrected chi connectivity index (χ2v) is 13.4. The molecule has 230 valence electrons. The first-order valence-corrected chi connectivity index (χ1v) is 16.9. The Kier molecular flexibility index (Phi) is 10.4. The summed E-state index contributed by atoms with van der Waals surface area (Å²) in [5.41, 5.74) is 1.15. The fraction of sp³-hybridized carbons (Fsp3) is 0.208. The second kappa shape index (κ2) is 13.7. The number of aromatic nitrogens is 1. The van der Waals surface area contributed by atoms with Crippen LogP contribution in [0.2, 0.25) is 0 Å². The summed E-state index contributed by atoms with van der Waals surface area (Å²) in [7, 11) is -16.5. The molecule has 16 nitrogen and oxygen atoms in total. The van der Waals surface area contributed by atoms with Crippen LogP contribution in [0.1, 0.15) is 45.2 Å². The predicted octanol–water partition coefficient (Wildman–Crippen LogP) is 4.15. The van der Waals surface area contributed by atoms with Crippen molar-refractivity contribution in [3.8, 4) is 0 Å². The summed E-state index contributed by atoms with van der Waals surface area (Å²) in [6, 6.07) is 19.8. The molecule has 0 radical (unpaired) electrons. The fourth-order valence-corrected chi connectivity index (χ4v) is 7.03. The van der Waals surface area contributed by atoms with Crippen LogP contribution in [0.3, 0.4) is 0 Å². The van der Waals surface area contributed by atoms with Crippen molar-refractivity contribution in [2.45, 2.75) is 25.0 Å². The Morgan fingerprint density at radius 2 is 1.37 bits per heavy atom. The number of benzene rings is 2. The third kappa shape index (κ3) is 9.97.